The number of para-hydroxylation sites is 1. The number of fused-ring (bicyclic) bond motifs is 1. The fraction of sp³-hybridized carbons (Fsp3) is 0.522. The molecule has 0 aliphatic heterocycles. The van der Waals surface area contributed by atoms with Crippen LogP contribution in [-0.2, 0) is 20.8 Å². The lowest BCUT2D eigenvalue weighted by molar-refractivity contribution is -0.136. The lowest BCUT2D eigenvalue weighted by Crippen LogP contribution is -2.58. The first kappa shape index (κ1) is 25.4. The number of hydrogen-bond donors (Lipinski definition) is 6. The molecule has 2 rings (SSSR count). The number of amides is 3. The van der Waals surface area contributed by atoms with Crippen molar-refractivity contribution in [1.29, 1.82) is 0 Å². The number of hydrogen-bond acceptors (Lipinski definition) is 5. The van der Waals surface area contributed by atoms with E-state index in [0.29, 0.717) is 6.42 Å². The summed E-state index contributed by atoms with van der Waals surface area (Å²) in [7, 11) is 0. The van der Waals surface area contributed by atoms with E-state index in [1.54, 1.807) is 11.7 Å². The summed E-state index contributed by atoms with van der Waals surface area (Å²) in [6, 6.07) is 4.98. The topological polar surface area (TPSA) is 149 Å². The summed E-state index contributed by atoms with van der Waals surface area (Å²) in [5, 5.41) is 15.6. The second-order valence-corrected chi connectivity index (χ2v) is 8.38. The number of hydroxylamine groups is 1. The molecular formula is C23H35N5O4. The zero-order valence-electron chi connectivity index (χ0n) is 19.1. The highest BCUT2D eigenvalue weighted by Crippen LogP contribution is 2.19. The second-order valence-electron chi connectivity index (χ2n) is 8.38. The molecule has 1 aromatic carbocycles. The predicted octanol–water partition coefficient (Wildman–Crippen LogP) is 1.60. The summed E-state index contributed by atoms with van der Waals surface area (Å²) in [5.41, 5.74) is 9.38. The van der Waals surface area contributed by atoms with Crippen molar-refractivity contribution in [2.75, 3.05) is 0 Å². The highest BCUT2D eigenvalue weighted by atomic mass is 16.5. The van der Waals surface area contributed by atoms with Crippen molar-refractivity contribution >= 4 is 28.6 Å². The fourth-order valence-corrected chi connectivity index (χ4v) is 3.53. The van der Waals surface area contributed by atoms with Crippen molar-refractivity contribution in [2.24, 2.45) is 17.6 Å². The quantitative estimate of drug-likeness (QED) is 0.229. The van der Waals surface area contributed by atoms with Gasteiger partial charge in [-0.25, -0.2) is 5.48 Å². The molecule has 0 radical (unpaired) electrons. The van der Waals surface area contributed by atoms with Crippen LogP contribution in [0.25, 0.3) is 10.9 Å². The molecule has 9 heteroatoms. The van der Waals surface area contributed by atoms with E-state index in [-0.39, 0.29) is 18.3 Å². The van der Waals surface area contributed by atoms with Crippen molar-refractivity contribution in [1.82, 2.24) is 21.1 Å². The highest BCUT2D eigenvalue weighted by Gasteiger charge is 2.32. The largest absolute Gasteiger partial charge is 0.361 e. The van der Waals surface area contributed by atoms with Crippen LogP contribution in [0.2, 0.25) is 0 Å². The number of carbonyl (C=O) groups is 3. The lowest BCUT2D eigenvalue weighted by atomic mass is 9.95. The Morgan fingerprint density at radius 1 is 1.00 bits per heavy atom. The average Bonchev–Trinajstić information content (AvgIpc) is 3.22. The molecule has 176 valence electrons. The van der Waals surface area contributed by atoms with Crippen molar-refractivity contribution < 1.29 is 19.6 Å². The molecule has 0 aliphatic carbocycles. The van der Waals surface area contributed by atoms with Gasteiger partial charge >= 0.3 is 0 Å². The molecule has 2 aromatic rings. The van der Waals surface area contributed by atoms with Crippen molar-refractivity contribution in [3.63, 3.8) is 0 Å². The minimum atomic E-state index is -1.03. The van der Waals surface area contributed by atoms with E-state index in [1.807, 2.05) is 52.0 Å². The van der Waals surface area contributed by atoms with E-state index < -0.39 is 35.8 Å². The molecule has 5 atom stereocenters. The SMILES string of the molecule is CCC(C)[C@H](N)C(=O)N[C@H](C(=O)N[C@@H](Cc1c[nH]c2ccccc12)C(=O)NO)C(C)CC. The molecule has 0 aliphatic rings. The smallest absolute Gasteiger partial charge is 0.266 e. The van der Waals surface area contributed by atoms with Gasteiger partial charge in [-0.05, 0) is 23.5 Å². The third-order valence-corrected chi connectivity index (χ3v) is 6.20. The molecule has 0 saturated heterocycles. The lowest BCUT2D eigenvalue weighted by Gasteiger charge is -2.28. The molecule has 7 N–H and O–H groups in total. The first-order valence-corrected chi connectivity index (χ1v) is 11.1. The monoisotopic (exact) mass is 445 g/mol. The Hall–Kier alpha value is -2.91. The minimum absolute atomic E-state index is 0.0366. The van der Waals surface area contributed by atoms with Crippen molar-refractivity contribution in [3.8, 4) is 0 Å². The summed E-state index contributed by atoms with van der Waals surface area (Å²) in [5.74, 6) is -1.87. The maximum atomic E-state index is 13.1. The van der Waals surface area contributed by atoms with Crippen LogP contribution in [-0.4, -0.2) is 46.0 Å². The average molecular weight is 446 g/mol. The summed E-state index contributed by atoms with van der Waals surface area (Å²) in [4.78, 5) is 41.2. The molecule has 3 amide bonds. The Balaban J connectivity index is 2.20. The Bertz CT molecular complexity index is 928. The van der Waals surface area contributed by atoms with Crippen LogP contribution in [0.15, 0.2) is 30.5 Å². The summed E-state index contributed by atoms with van der Waals surface area (Å²) >= 11 is 0. The Morgan fingerprint density at radius 2 is 1.66 bits per heavy atom. The molecule has 2 unspecified atom stereocenters. The number of rotatable bonds is 11. The van der Waals surface area contributed by atoms with E-state index in [1.165, 1.54) is 0 Å². The normalized spacial score (nSPS) is 15.9. The van der Waals surface area contributed by atoms with Crippen LogP contribution >= 0.6 is 0 Å². The Morgan fingerprint density at radius 3 is 2.28 bits per heavy atom. The van der Waals surface area contributed by atoms with Gasteiger partial charge in [-0.2, -0.15) is 0 Å². The second kappa shape index (κ2) is 11.6. The van der Waals surface area contributed by atoms with Gasteiger partial charge in [0, 0.05) is 23.5 Å². The van der Waals surface area contributed by atoms with Crippen molar-refractivity contribution in [3.05, 3.63) is 36.0 Å². The van der Waals surface area contributed by atoms with Gasteiger partial charge < -0.3 is 21.4 Å². The first-order valence-electron chi connectivity index (χ1n) is 11.1. The third-order valence-electron chi connectivity index (χ3n) is 6.20. The van der Waals surface area contributed by atoms with Gasteiger partial charge in [0.2, 0.25) is 11.8 Å². The molecule has 0 fully saturated rings. The molecule has 1 aromatic heterocycles. The maximum absolute atomic E-state index is 13.1. The van der Waals surface area contributed by atoms with Gasteiger partial charge in [0.15, 0.2) is 0 Å². The molecule has 1 heterocycles. The number of aromatic nitrogens is 1. The Labute approximate surface area is 188 Å². The van der Waals surface area contributed by atoms with Gasteiger partial charge in [0.25, 0.3) is 5.91 Å². The molecule has 0 saturated carbocycles. The van der Waals surface area contributed by atoms with Crippen LogP contribution in [0.4, 0.5) is 0 Å². The van der Waals surface area contributed by atoms with Crippen LogP contribution in [0.3, 0.4) is 0 Å². The van der Waals surface area contributed by atoms with Crippen molar-refractivity contribution in [2.45, 2.75) is 65.1 Å². The van der Waals surface area contributed by atoms with Gasteiger partial charge in [-0.3, -0.25) is 19.6 Å². The van der Waals surface area contributed by atoms with E-state index in [9.17, 15) is 19.6 Å². The van der Waals surface area contributed by atoms with Gasteiger partial charge in [0.05, 0.1) is 6.04 Å². The van der Waals surface area contributed by atoms with E-state index >= 15 is 0 Å². The van der Waals surface area contributed by atoms with Crippen LogP contribution in [0.5, 0.6) is 0 Å². The summed E-state index contributed by atoms with van der Waals surface area (Å²) in [6.07, 6.45) is 3.30. The van der Waals surface area contributed by atoms with E-state index in [4.69, 9.17) is 5.73 Å². The zero-order chi connectivity index (χ0) is 23.8. The fourth-order valence-electron chi connectivity index (χ4n) is 3.53. The van der Waals surface area contributed by atoms with E-state index in [0.717, 1.165) is 22.9 Å². The number of H-pyrrole nitrogens is 1. The predicted molar refractivity (Wildman–Crippen MR) is 123 cm³/mol. The van der Waals surface area contributed by atoms with Gasteiger partial charge in [-0.1, -0.05) is 58.7 Å². The standard InChI is InChI=1S/C23H35N5O4/c1-5-13(3)19(24)22(30)27-20(14(4)6-2)23(31)26-18(21(29)28-32)11-15-12-25-17-10-8-7-9-16(15)17/h7-10,12-14,18-20,25,32H,5-6,11,24H2,1-4H3,(H,26,31)(H,27,30)(H,28,29)/t13?,14?,18-,19-,20-/m0/s1. The molecule has 0 bridgehead atoms. The Kier molecular flexibility index (Phi) is 9.22. The zero-order valence-corrected chi connectivity index (χ0v) is 19.1. The first-order chi connectivity index (χ1) is 15.2. The number of aromatic amines is 1. The third kappa shape index (κ3) is 6.08. The van der Waals surface area contributed by atoms with Gasteiger partial charge in [-0.15, -0.1) is 0 Å². The van der Waals surface area contributed by atoms with Crippen LogP contribution < -0.4 is 21.8 Å². The minimum Gasteiger partial charge on any atom is -0.361 e. The van der Waals surface area contributed by atoms with Crippen LogP contribution in [0.1, 0.15) is 46.1 Å². The summed E-state index contributed by atoms with van der Waals surface area (Å²) < 4.78 is 0. The van der Waals surface area contributed by atoms with Gasteiger partial charge in [0.1, 0.15) is 12.1 Å². The number of nitrogens with two attached hydrogens (primary N) is 1. The highest BCUT2D eigenvalue weighted by molar-refractivity contribution is 5.93. The number of benzene rings is 1. The number of carbonyl (C=O) groups excluding carboxylic acids is 3. The molecule has 32 heavy (non-hydrogen) atoms. The molecular weight excluding hydrogens is 410 g/mol. The summed E-state index contributed by atoms with van der Waals surface area (Å²) in [6.45, 7) is 7.58. The van der Waals surface area contributed by atoms with Crippen LogP contribution in [0, 0.1) is 11.8 Å². The number of nitrogens with one attached hydrogen (secondary N) is 4. The molecule has 9 nitrogen and oxygen atoms in total. The molecule has 0 spiro atoms. The van der Waals surface area contributed by atoms with E-state index in [2.05, 4.69) is 15.6 Å². The maximum Gasteiger partial charge on any atom is 0.266 e.